The highest BCUT2D eigenvalue weighted by molar-refractivity contribution is 5.80. The molecule has 84 valence electrons. The SMILES string of the molecule is CC(=O)CCN1CCN(C2CC2)C(=O)C1. The summed E-state index contributed by atoms with van der Waals surface area (Å²) in [6, 6.07) is 0.535. The van der Waals surface area contributed by atoms with Gasteiger partial charge in [0.05, 0.1) is 6.54 Å². The Morgan fingerprint density at radius 2 is 2.13 bits per heavy atom. The van der Waals surface area contributed by atoms with E-state index in [-0.39, 0.29) is 11.7 Å². The van der Waals surface area contributed by atoms with Gasteiger partial charge in [-0.1, -0.05) is 0 Å². The Bertz CT molecular complexity index is 274. The minimum Gasteiger partial charge on any atom is -0.337 e. The molecular weight excluding hydrogens is 192 g/mol. The van der Waals surface area contributed by atoms with E-state index in [0.717, 1.165) is 19.6 Å². The Hall–Kier alpha value is -0.900. The van der Waals surface area contributed by atoms with Gasteiger partial charge in [0.2, 0.25) is 5.91 Å². The molecule has 0 radical (unpaired) electrons. The molecule has 1 saturated heterocycles. The first-order chi connectivity index (χ1) is 7.16. The van der Waals surface area contributed by atoms with Crippen molar-refractivity contribution < 1.29 is 9.59 Å². The first-order valence-electron chi connectivity index (χ1n) is 5.68. The van der Waals surface area contributed by atoms with E-state index in [1.54, 1.807) is 6.92 Å². The number of Topliss-reactive ketones (excluding diaryl/α,β-unsaturated/α-hetero) is 1. The van der Waals surface area contributed by atoms with Gasteiger partial charge < -0.3 is 4.90 Å². The lowest BCUT2D eigenvalue weighted by molar-refractivity contribution is -0.137. The average Bonchev–Trinajstić information content (AvgIpc) is 2.98. The van der Waals surface area contributed by atoms with Crippen LogP contribution in [0.25, 0.3) is 0 Å². The van der Waals surface area contributed by atoms with Gasteiger partial charge in [-0.3, -0.25) is 14.5 Å². The van der Waals surface area contributed by atoms with Gasteiger partial charge in [0.1, 0.15) is 5.78 Å². The summed E-state index contributed by atoms with van der Waals surface area (Å²) >= 11 is 0. The van der Waals surface area contributed by atoms with Crippen molar-refractivity contribution in [3.8, 4) is 0 Å². The molecule has 0 aromatic rings. The van der Waals surface area contributed by atoms with Gasteiger partial charge in [-0.2, -0.15) is 0 Å². The van der Waals surface area contributed by atoms with Crippen LogP contribution >= 0.6 is 0 Å². The number of amides is 1. The Kier molecular flexibility index (Phi) is 3.05. The number of carbonyl (C=O) groups is 2. The highest BCUT2D eigenvalue weighted by Gasteiger charge is 2.35. The smallest absolute Gasteiger partial charge is 0.237 e. The summed E-state index contributed by atoms with van der Waals surface area (Å²) in [6.45, 7) is 4.61. The molecule has 1 aliphatic carbocycles. The van der Waals surface area contributed by atoms with Gasteiger partial charge in [-0.15, -0.1) is 0 Å². The van der Waals surface area contributed by atoms with E-state index in [9.17, 15) is 9.59 Å². The van der Waals surface area contributed by atoms with Crippen LogP contribution in [0, 0.1) is 0 Å². The van der Waals surface area contributed by atoms with Crippen LogP contribution in [-0.2, 0) is 9.59 Å². The Labute approximate surface area is 90.2 Å². The van der Waals surface area contributed by atoms with Gasteiger partial charge in [0, 0.05) is 32.1 Å². The Morgan fingerprint density at radius 3 is 2.67 bits per heavy atom. The minimum atomic E-state index is 0.201. The van der Waals surface area contributed by atoms with Gasteiger partial charge >= 0.3 is 0 Å². The molecule has 0 aromatic heterocycles. The van der Waals surface area contributed by atoms with Crippen LogP contribution in [0.2, 0.25) is 0 Å². The molecule has 15 heavy (non-hydrogen) atoms. The van der Waals surface area contributed by atoms with Crippen LogP contribution in [0.4, 0.5) is 0 Å². The van der Waals surface area contributed by atoms with Gasteiger partial charge in [0.15, 0.2) is 0 Å². The summed E-state index contributed by atoms with van der Waals surface area (Å²) in [5, 5.41) is 0. The number of ketones is 1. The molecular formula is C11H18N2O2. The second-order valence-electron chi connectivity index (χ2n) is 4.55. The van der Waals surface area contributed by atoms with Crippen LogP contribution in [-0.4, -0.2) is 53.7 Å². The summed E-state index contributed by atoms with van der Waals surface area (Å²) in [5.41, 5.74) is 0. The van der Waals surface area contributed by atoms with Crippen LogP contribution in [0.15, 0.2) is 0 Å². The molecule has 2 fully saturated rings. The normalized spacial score (nSPS) is 23.3. The lowest BCUT2D eigenvalue weighted by Gasteiger charge is -2.34. The predicted octanol–water partition coefficient (Wildman–Crippen LogP) is 0.272. The molecule has 4 heteroatoms. The largest absolute Gasteiger partial charge is 0.337 e. The van der Waals surface area contributed by atoms with E-state index in [4.69, 9.17) is 0 Å². The third-order valence-corrected chi connectivity index (χ3v) is 3.10. The fourth-order valence-corrected chi connectivity index (χ4v) is 2.01. The van der Waals surface area contributed by atoms with Crippen LogP contribution < -0.4 is 0 Å². The number of hydrogen-bond donors (Lipinski definition) is 0. The Balaban J connectivity index is 1.77. The summed E-state index contributed by atoms with van der Waals surface area (Å²) in [7, 11) is 0. The average molecular weight is 210 g/mol. The number of carbonyl (C=O) groups excluding carboxylic acids is 2. The van der Waals surface area contributed by atoms with Gasteiger partial charge in [-0.05, 0) is 19.8 Å². The molecule has 0 unspecified atom stereocenters. The molecule has 1 saturated carbocycles. The highest BCUT2D eigenvalue weighted by Crippen LogP contribution is 2.27. The number of hydrogen-bond acceptors (Lipinski definition) is 3. The summed E-state index contributed by atoms with van der Waals surface area (Å²) < 4.78 is 0. The molecule has 0 bridgehead atoms. The zero-order valence-corrected chi connectivity index (χ0v) is 9.24. The molecule has 1 aliphatic heterocycles. The standard InChI is InChI=1S/C11H18N2O2/c1-9(14)4-5-12-6-7-13(10-2-3-10)11(15)8-12/h10H,2-8H2,1H3. The van der Waals surface area contributed by atoms with Crippen molar-refractivity contribution in [2.75, 3.05) is 26.2 Å². The van der Waals surface area contributed by atoms with Crippen molar-refractivity contribution in [1.29, 1.82) is 0 Å². The van der Waals surface area contributed by atoms with Crippen molar-refractivity contribution in [3.05, 3.63) is 0 Å². The molecule has 1 amide bonds. The second kappa shape index (κ2) is 4.31. The van der Waals surface area contributed by atoms with E-state index >= 15 is 0 Å². The first-order valence-corrected chi connectivity index (χ1v) is 5.68. The van der Waals surface area contributed by atoms with Crippen LogP contribution in [0.5, 0.6) is 0 Å². The quantitative estimate of drug-likeness (QED) is 0.669. The lowest BCUT2D eigenvalue weighted by atomic mass is 10.2. The zero-order valence-electron chi connectivity index (χ0n) is 9.24. The number of rotatable bonds is 4. The highest BCUT2D eigenvalue weighted by atomic mass is 16.2. The molecule has 2 aliphatic rings. The molecule has 2 rings (SSSR count). The van der Waals surface area contributed by atoms with E-state index in [2.05, 4.69) is 4.90 Å². The second-order valence-corrected chi connectivity index (χ2v) is 4.55. The predicted molar refractivity (Wildman–Crippen MR) is 56.5 cm³/mol. The topological polar surface area (TPSA) is 40.6 Å². The third kappa shape index (κ3) is 2.78. The monoisotopic (exact) mass is 210 g/mol. The molecule has 4 nitrogen and oxygen atoms in total. The molecule has 0 aromatic carbocycles. The molecule has 0 spiro atoms. The van der Waals surface area contributed by atoms with Crippen molar-refractivity contribution in [3.63, 3.8) is 0 Å². The third-order valence-electron chi connectivity index (χ3n) is 3.10. The lowest BCUT2D eigenvalue weighted by Crippen LogP contribution is -2.51. The number of nitrogens with zero attached hydrogens (tertiary/aromatic N) is 2. The van der Waals surface area contributed by atoms with Crippen molar-refractivity contribution in [2.24, 2.45) is 0 Å². The van der Waals surface area contributed by atoms with Crippen molar-refractivity contribution >= 4 is 11.7 Å². The minimum absolute atomic E-state index is 0.201. The van der Waals surface area contributed by atoms with Crippen molar-refractivity contribution in [2.45, 2.75) is 32.2 Å². The molecule has 1 heterocycles. The Morgan fingerprint density at radius 1 is 1.40 bits per heavy atom. The van der Waals surface area contributed by atoms with E-state index < -0.39 is 0 Å². The first kappa shape index (κ1) is 10.6. The maximum atomic E-state index is 11.7. The van der Waals surface area contributed by atoms with E-state index in [0.29, 0.717) is 19.0 Å². The molecule has 0 N–H and O–H groups in total. The summed E-state index contributed by atoms with van der Waals surface area (Å²) in [5.74, 6) is 0.444. The fraction of sp³-hybridized carbons (Fsp3) is 0.818. The van der Waals surface area contributed by atoms with E-state index in [1.165, 1.54) is 12.8 Å². The number of piperazine rings is 1. The van der Waals surface area contributed by atoms with E-state index in [1.807, 2.05) is 4.90 Å². The maximum absolute atomic E-state index is 11.7. The van der Waals surface area contributed by atoms with Crippen molar-refractivity contribution in [1.82, 2.24) is 9.80 Å². The molecule has 0 atom stereocenters. The maximum Gasteiger partial charge on any atom is 0.237 e. The van der Waals surface area contributed by atoms with Gasteiger partial charge in [0.25, 0.3) is 0 Å². The van der Waals surface area contributed by atoms with Gasteiger partial charge in [-0.25, -0.2) is 0 Å². The zero-order chi connectivity index (χ0) is 10.8. The summed E-state index contributed by atoms with van der Waals surface area (Å²) in [6.07, 6.45) is 2.93. The van der Waals surface area contributed by atoms with Crippen LogP contribution in [0.1, 0.15) is 26.2 Å². The van der Waals surface area contributed by atoms with Crippen LogP contribution in [0.3, 0.4) is 0 Å². The fourth-order valence-electron chi connectivity index (χ4n) is 2.01. The summed E-state index contributed by atoms with van der Waals surface area (Å²) in [4.78, 5) is 26.6.